The predicted octanol–water partition coefficient (Wildman–Crippen LogP) is 3.18. The van der Waals surface area contributed by atoms with Crippen LogP contribution in [0.25, 0.3) is 0 Å². The van der Waals surface area contributed by atoms with Gasteiger partial charge in [-0.05, 0) is 37.0 Å². The topological polar surface area (TPSA) is 38.3 Å². The van der Waals surface area contributed by atoms with Gasteiger partial charge in [0.1, 0.15) is 6.10 Å². The van der Waals surface area contributed by atoms with Crippen molar-refractivity contribution in [2.75, 3.05) is 6.61 Å². The van der Waals surface area contributed by atoms with Gasteiger partial charge in [0, 0.05) is 13.2 Å². The summed E-state index contributed by atoms with van der Waals surface area (Å²) in [6, 6.07) is 5.32. The summed E-state index contributed by atoms with van der Waals surface area (Å²) in [6.45, 7) is 1.11. The lowest BCUT2D eigenvalue weighted by molar-refractivity contribution is -0.135. The fourth-order valence-electron chi connectivity index (χ4n) is 1.90. The van der Waals surface area contributed by atoms with E-state index < -0.39 is 0 Å². The van der Waals surface area contributed by atoms with Crippen LogP contribution in [0.2, 0.25) is 10.0 Å². The van der Waals surface area contributed by atoms with Crippen LogP contribution in [0.1, 0.15) is 24.8 Å². The molecule has 0 aromatic heterocycles. The third kappa shape index (κ3) is 3.61. The summed E-state index contributed by atoms with van der Waals surface area (Å²) in [7, 11) is 0. The third-order valence-corrected chi connectivity index (χ3v) is 3.66. The van der Waals surface area contributed by atoms with Crippen molar-refractivity contribution < 1.29 is 9.53 Å². The van der Waals surface area contributed by atoms with E-state index >= 15 is 0 Å². The molecule has 1 heterocycles. The van der Waals surface area contributed by atoms with E-state index in [4.69, 9.17) is 27.9 Å². The Kier molecular flexibility index (Phi) is 4.87. The quantitative estimate of drug-likeness (QED) is 0.927. The van der Waals surface area contributed by atoms with Gasteiger partial charge < -0.3 is 10.1 Å². The van der Waals surface area contributed by atoms with Crippen molar-refractivity contribution in [3.63, 3.8) is 0 Å². The molecule has 2 rings (SSSR count). The van der Waals surface area contributed by atoms with Crippen LogP contribution in [0, 0.1) is 0 Å². The average molecular weight is 288 g/mol. The van der Waals surface area contributed by atoms with Gasteiger partial charge in [-0.2, -0.15) is 0 Å². The number of hydrogen-bond donors (Lipinski definition) is 1. The molecule has 18 heavy (non-hydrogen) atoms. The second-order valence-electron chi connectivity index (χ2n) is 4.32. The SMILES string of the molecule is O=C(NCc1ccc(Cl)c(Cl)c1)C1CCCCO1. The van der Waals surface area contributed by atoms with E-state index in [1.54, 1.807) is 12.1 Å². The normalized spacial score (nSPS) is 19.6. The van der Waals surface area contributed by atoms with Gasteiger partial charge in [0.05, 0.1) is 10.0 Å². The van der Waals surface area contributed by atoms with Crippen LogP contribution in [0.3, 0.4) is 0 Å². The molecule has 1 N–H and O–H groups in total. The van der Waals surface area contributed by atoms with Crippen LogP contribution in [0.4, 0.5) is 0 Å². The van der Waals surface area contributed by atoms with E-state index in [-0.39, 0.29) is 12.0 Å². The van der Waals surface area contributed by atoms with Gasteiger partial charge >= 0.3 is 0 Å². The van der Waals surface area contributed by atoms with Crippen LogP contribution < -0.4 is 5.32 Å². The fourth-order valence-corrected chi connectivity index (χ4v) is 2.22. The Balaban J connectivity index is 1.86. The summed E-state index contributed by atoms with van der Waals surface area (Å²) >= 11 is 11.7. The Morgan fingerprint density at radius 1 is 1.33 bits per heavy atom. The van der Waals surface area contributed by atoms with Gasteiger partial charge in [-0.25, -0.2) is 0 Å². The smallest absolute Gasteiger partial charge is 0.249 e. The largest absolute Gasteiger partial charge is 0.368 e. The van der Waals surface area contributed by atoms with Gasteiger partial charge in [-0.3, -0.25) is 4.79 Å². The standard InChI is InChI=1S/C13H15Cl2NO2/c14-10-5-4-9(7-11(10)15)8-16-13(17)12-3-1-2-6-18-12/h4-5,7,12H,1-3,6,8H2,(H,16,17). The highest BCUT2D eigenvalue weighted by Gasteiger charge is 2.21. The zero-order chi connectivity index (χ0) is 13.0. The highest BCUT2D eigenvalue weighted by atomic mass is 35.5. The van der Waals surface area contributed by atoms with Crippen molar-refractivity contribution in [1.82, 2.24) is 5.32 Å². The monoisotopic (exact) mass is 287 g/mol. The molecule has 0 radical (unpaired) electrons. The Morgan fingerprint density at radius 2 is 2.17 bits per heavy atom. The number of halogens is 2. The summed E-state index contributed by atoms with van der Waals surface area (Å²) in [6.07, 6.45) is 2.58. The number of hydrogen-bond acceptors (Lipinski definition) is 2. The van der Waals surface area contributed by atoms with Gasteiger partial charge in [-0.15, -0.1) is 0 Å². The van der Waals surface area contributed by atoms with Crippen molar-refractivity contribution in [2.24, 2.45) is 0 Å². The molecule has 0 saturated carbocycles. The molecule has 3 nitrogen and oxygen atoms in total. The minimum Gasteiger partial charge on any atom is -0.368 e. The first kappa shape index (κ1) is 13.7. The summed E-state index contributed by atoms with van der Waals surface area (Å²) in [5, 5.41) is 3.86. The summed E-state index contributed by atoms with van der Waals surface area (Å²) in [5.74, 6) is -0.0548. The third-order valence-electron chi connectivity index (χ3n) is 2.92. The van der Waals surface area contributed by atoms with Crippen LogP contribution in [-0.2, 0) is 16.1 Å². The summed E-state index contributed by atoms with van der Waals surface area (Å²) < 4.78 is 5.41. The molecule has 0 bridgehead atoms. The number of rotatable bonds is 3. The molecule has 1 amide bonds. The number of amides is 1. The molecule has 1 aromatic rings. The Hall–Kier alpha value is -0.770. The first-order valence-corrected chi connectivity index (χ1v) is 6.75. The van der Waals surface area contributed by atoms with Crippen LogP contribution in [-0.4, -0.2) is 18.6 Å². The van der Waals surface area contributed by atoms with E-state index in [0.717, 1.165) is 24.8 Å². The van der Waals surface area contributed by atoms with Gasteiger partial charge in [-0.1, -0.05) is 29.3 Å². The van der Waals surface area contributed by atoms with E-state index in [9.17, 15) is 4.79 Å². The summed E-state index contributed by atoms with van der Waals surface area (Å²) in [4.78, 5) is 11.8. The van der Waals surface area contributed by atoms with Crippen LogP contribution in [0.15, 0.2) is 18.2 Å². The van der Waals surface area contributed by atoms with Crippen LogP contribution in [0.5, 0.6) is 0 Å². The van der Waals surface area contributed by atoms with Gasteiger partial charge in [0.25, 0.3) is 0 Å². The minimum atomic E-state index is -0.304. The lowest BCUT2D eigenvalue weighted by Crippen LogP contribution is -2.37. The van der Waals surface area contributed by atoms with Gasteiger partial charge in [0.15, 0.2) is 0 Å². The molecule has 5 heteroatoms. The summed E-state index contributed by atoms with van der Waals surface area (Å²) in [5.41, 5.74) is 0.925. The van der Waals surface area contributed by atoms with E-state index in [1.807, 2.05) is 6.07 Å². The second-order valence-corrected chi connectivity index (χ2v) is 5.14. The van der Waals surface area contributed by atoms with Crippen molar-refractivity contribution in [2.45, 2.75) is 31.9 Å². The lowest BCUT2D eigenvalue weighted by Gasteiger charge is -2.21. The molecule has 0 aliphatic carbocycles. The molecule has 0 spiro atoms. The molecule has 1 aliphatic rings. The number of benzene rings is 1. The maximum Gasteiger partial charge on any atom is 0.249 e. The van der Waals surface area contributed by atoms with Crippen molar-refractivity contribution in [1.29, 1.82) is 0 Å². The molecule has 1 aliphatic heterocycles. The number of carbonyl (C=O) groups excluding carboxylic acids is 1. The maximum absolute atomic E-state index is 11.8. The highest BCUT2D eigenvalue weighted by molar-refractivity contribution is 6.42. The Morgan fingerprint density at radius 3 is 2.83 bits per heavy atom. The van der Waals surface area contributed by atoms with Crippen molar-refractivity contribution in [3.8, 4) is 0 Å². The second kappa shape index (κ2) is 6.41. The Bertz CT molecular complexity index is 431. The molecular weight excluding hydrogens is 273 g/mol. The molecule has 98 valence electrons. The zero-order valence-electron chi connectivity index (χ0n) is 9.92. The first-order chi connectivity index (χ1) is 8.66. The molecule has 1 atom stereocenters. The lowest BCUT2D eigenvalue weighted by atomic mass is 10.1. The van der Waals surface area contributed by atoms with E-state index in [1.165, 1.54) is 0 Å². The van der Waals surface area contributed by atoms with E-state index in [2.05, 4.69) is 5.32 Å². The fraction of sp³-hybridized carbons (Fsp3) is 0.462. The number of ether oxygens (including phenoxy) is 1. The van der Waals surface area contributed by atoms with E-state index in [0.29, 0.717) is 23.2 Å². The maximum atomic E-state index is 11.8. The molecule has 1 aromatic carbocycles. The molecule has 1 unspecified atom stereocenters. The molecule has 1 fully saturated rings. The van der Waals surface area contributed by atoms with Crippen LogP contribution >= 0.6 is 23.2 Å². The molecular formula is C13H15Cl2NO2. The highest BCUT2D eigenvalue weighted by Crippen LogP contribution is 2.22. The number of nitrogens with one attached hydrogen (secondary N) is 1. The van der Waals surface area contributed by atoms with Crippen molar-refractivity contribution >= 4 is 29.1 Å². The first-order valence-electron chi connectivity index (χ1n) is 6.00. The number of carbonyl (C=O) groups is 1. The van der Waals surface area contributed by atoms with Gasteiger partial charge in [0.2, 0.25) is 5.91 Å². The average Bonchev–Trinajstić information content (AvgIpc) is 2.41. The molecule has 1 saturated heterocycles. The Labute approximate surface area is 116 Å². The van der Waals surface area contributed by atoms with Crippen molar-refractivity contribution in [3.05, 3.63) is 33.8 Å². The predicted molar refractivity (Wildman–Crippen MR) is 71.9 cm³/mol. The minimum absolute atomic E-state index is 0.0548. The zero-order valence-corrected chi connectivity index (χ0v) is 11.4.